The van der Waals surface area contributed by atoms with Crippen LogP contribution in [0.4, 0.5) is 10.1 Å². The first-order chi connectivity index (χ1) is 9.40. The second-order valence-corrected chi connectivity index (χ2v) is 5.71. The van der Waals surface area contributed by atoms with Crippen molar-refractivity contribution in [2.45, 2.75) is 4.90 Å². The lowest BCUT2D eigenvalue weighted by atomic mass is 10.2. The third kappa shape index (κ3) is 2.94. The molecule has 0 aliphatic rings. The van der Waals surface area contributed by atoms with E-state index in [0.29, 0.717) is 0 Å². The predicted octanol–water partition coefficient (Wildman–Crippen LogP) is 1.91. The summed E-state index contributed by atoms with van der Waals surface area (Å²) in [5, 5.41) is 7.19. The zero-order valence-corrected chi connectivity index (χ0v) is 11.1. The van der Waals surface area contributed by atoms with Crippen molar-refractivity contribution in [2.75, 3.05) is 4.72 Å². The van der Waals surface area contributed by atoms with E-state index in [1.54, 1.807) is 18.2 Å². The fraction of sp³-hybridized carbons (Fsp3) is 0. The van der Waals surface area contributed by atoms with Crippen LogP contribution in [0.3, 0.4) is 0 Å². The van der Waals surface area contributed by atoms with E-state index in [1.807, 2.05) is 0 Å². The maximum atomic E-state index is 13.8. The summed E-state index contributed by atoms with van der Waals surface area (Å²) in [6.45, 7) is 0. The Morgan fingerprint density at radius 3 is 2.35 bits per heavy atom. The van der Waals surface area contributed by atoms with Gasteiger partial charge in [-0.2, -0.15) is 0 Å². The van der Waals surface area contributed by atoms with Crippen LogP contribution < -0.4 is 10.5 Å². The molecule has 0 atom stereocenters. The summed E-state index contributed by atoms with van der Waals surface area (Å²) in [4.78, 5) is 0.0371. The van der Waals surface area contributed by atoms with E-state index < -0.39 is 15.8 Å². The third-order valence-corrected chi connectivity index (χ3v) is 3.96. The molecule has 0 radical (unpaired) electrons. The molecule has 5 nitrogen and oxygen atoms in total. The Morgan fingerprint density at radius 2 is 1.80 bits per heavy atom. The minimum Gasteiger partial charge on any atom is -0.384 e. The highest BCUT2D eigenvalue weighted by atomic mass is 32.2. The number of anilines is 1. The van der Waals surface area contributed by atoms with Gasteiger partial charge in [-0.05, 0) is 30.3 Å². The smallest absolute Gasteiger partial charge is 0.261 e. The monoisotopic (exact) mass is 293 g/mol. The van der Waals surface area contributed by atoms with Crippen LogP contribution in [0, 0.1) is 11.2 Å². The lowest BCUT2D eigenvalue weighted by Crippen LogP contribution is -2.15. The molecule has 4 N–H and O–H groups in total. The van der Waals surface area contributed by atoms with E-state index in [0.717, 1.165) is 6.07 Å². The Labute approximate surface area is 115 Å². The molecular weight excluding hydrogens is 281 g/mol. The minimum absolute atomic E-state index is 0.0371. The van der Waals surface area contributed by atoms with E-state index >= 15 is 0 Å². The molecule has 0 amide bonds. The molecule has 2 aromatic carbocycles. The van der Waals surface area contributed by atoms with Crippen LogP contribution in [0.15, 0.2) is 53.4 Å². The van der Waals surface area contributed by atoms with Crippen molar-refractivity contribution in [1.82, 2.24) is 0 Å². The fourth-order valence-corrected chi connectivity index (χ4v) is 2.66. The number of sulfonamides is 1. The maximum Gasteiger partial charge on any atom is 0.261 e. The number of amidine groups is 1. The van der Waals surface area contributed by atoms with Crippen molar-refractivity contribution in [1.29, 1.82) is 5.41 Å². The Kier molecular flexibility index (Phi) is 3.71. The van der Waals surface area contributed by atoms with Crippen LogP contribution in [-0.4, -0.2) is 14.3 Å². The van der Waals surface area contributed by atoms with Gasteiger partial charge in [0.2, 0.25) is 0 Å². The fourth-order valence-electron chi connectivity index (χ4n) is 1.57. The van der Waals surface area contributed by atoms with Crippen molar-refractivity contribution in [3.63, 3.8) is 0 Å². The van der Waals surface area contributed by atoms with Gasteiger partial charge in [0, 0.05) is 5.56 Å². The van der Waals surface area contributed by atoms with Gasteiger partial charge in [0.05, 0.1) is 10.6 Å². The van der Waals surface area contributed by atoms with Crippen LogP contribution in [0.2, 0.25) is 0 Å². The van der Waals surface area contributed by atoms with E-state index in [-0.39, 0.29) is 22.0 Å². The number of rotatable bonds is 4. The minimum atomic E-state index is -3.84. The summed E-state index contributed by atoms with van der Waals surface area (Å²) < 4.78 is 40.0. The molecule has 0 spiro atoms. The first-order valence-electron chi connectivity index (χ1n) is 5.62. The van der Waals surface area contributed by atoms with Gasteiger partial charge in [0.1, 0.15) is 11.7 Å². The van der Waals surface area contributed by atoms with Gasteiger partial charge in [0.25, 0.3) is 10.0 Å². The number of nitrogens with one attached hydrogen (secondary N) is 2. The first kappa shape index (κ1) is 14.0. The second kappa shape index (κ2) is 5.30. The molecule has 0 fully saturated rings. The van der Waals surface area contributed by atoms with Crippen LogP contribution in [-0.2, 0) is 10.0 Å². The van der Waals surface area contributed by atoms with Gasteiger partial charge >= 0.3 is 0 Å². The van der Waals surface area contributed by atoms with Crippen LogP contribution in [0.1, 0.15) is 5.56 Å². The van der Waals surface area contributed by atoms with Crippen LogP contribution >= 0.6 is 0 Å². The second-order valence-electron chi connectivity index (χ2n) is 4.03. The van der Waals surface area contributed by atoms with Gasteiger partial charge in [-0.25, -0.2) is 12.8 Å². The Morgan fingerprint density at radius 1 is 1.15 bits per heavy atom. The van der Waals surface area contributed by atoms with Gasteiger partial charge < -0.3 is 5.73 Å². The summed E-state index contributed by atoms with van der Waals surface area (Å²) in [5.41, 5.74) is 5.22. The topological polar surface area (TPSA) is 96.0 Å². The molecule has 2 aromatic rings. The van der Waals surface area contributed by atoms with Gasteiger partial charge in [0.15, 0.2) is 0 Å². The maximum absolute atomic E-state index is 13.8. The summed E-state index contributed by atoms with van der Waals surface area (Å²) in [6.07, 6.45) is 0. The molecule has 104 valence electrons. The van der Waals surface area contributed by atoms with Crippen molar-refractivity contribution in [2.24, 2.45) is 5.73 Å². The highest BCUT2D eigenvalue weighted by Crippen LogP contribution is 2.20. The van der Waals surface area contributed by atoms with Crippen molar-refractivity contribution in [3.05, 3.63) is 59.9 Å². The Balaban J connectivity index is 2.33. The zero-order chi connectivity index (χ0) is 14.8. The molecule has 0 aromatic heterocycles. The summed E-state index contributed by atoms with van der Waals surface area (Å²) in [7, 11) is -3.84. The van der Waals surface area contributed by atoms with E-state index in [9.17, 15) is 12.8 Å². The SMILES string of the molecule is N=C(N)c1ccc(NS(=O)(=O)c2ccccc2)c(F)c1. The molecule has 0 aliphatic carbocycles. The molecule has 0 heterocycles. The molecule has 0 bridgehead atoms. The molecule has 20 heavy (non-hydrogen) atoms. The predicted molar refractivity (Wildman–Crippen MR) is 74.7 cm³/mol. The number of nitrogens with two attached hydrogens (primary N) is 1. The largest absolute Gasteiger partial charge is 0.384 e. The quantitative estimate of drug-likeness (QED) is 0.593. The molecule has 7 heteroatoms. The first-order valence-corrected chi connectivity index (χ1v) is 7.10. The van der Waals surface area contributed by atoms with E-state index in [1.165, 1.54) is 24.3 Å². The van der Waals surface area contributed by atoms with Crippen LogP contribution in [0.25, 0.3) is 0 Å². The number of hydrogen-bond donors (Lipinski definition) is 3. The molecule has 0 aliphatic heterocycles. The summed E-state index contributed by atoms with van der Waals surface area (Å²) >= 11 is 0. The molecule has 2 rings (SSSR count). The highest BCUT2D eigenvalue weighted by Gasteiger charge is 2.16. The van der Waals surface area contributed by atoms with Gasteiger partial charge in [-0.15, -0.1) is 0 Å². The van der Waals surface area contributed by atoms with E-state index in [4.69, 9.17) is 11.1 Å². The number of halogens is 1. The standard InChI is InChI=1S/C13H12FN3O2S/c14-11-8-9(13(15)16)6-7-12(11)17-20(18,19)10-4-2-1-3-5-10/h1-8,17H,(H3,15,16). The molecule has 0 unspecified atom stereocenters. The molecule has 0 saturated carbocycles. The lowest BCUT2D eigenvalue weighted by Gasteiger charge is -2.09. The normalized spacial score (nSPS) is 11.1. The Bertz CT molecular complexity index is 745. The van der Waals surface area contributed by atoms with Crippen molar-refractivity contribution < 1.29 is 12.8 Å². The third-order valence-electron chi connectivity index (χ3n) is 2.58. The average Bonchev–Trinajstić information content (AvgIpc) is 2.41. The van der Waals surface area contributed by atoms with E-state index in [2.05, 4.69) is 4.72 Å². The van der Waals surface area contributed by atoms with Crippen molar-refractivity contribution in [3.8, 4) is 0 Å². The highest BCUT2D eigenvalue weighted by molar-refractivity contribution is 7.92. The summed E-state index contributed by atoms with van der Waals surface area (Å²) in [6, 6.07) is 11.2. The van der Waals surface area contributed by atoms with Crippen molar-refractivity contribution >= 4 is 21.5 Å². The Hall–Kier alpha value is -2.41. The zero-order valence-electron chi connectivity index (χ0n) is 10.3. The number of benzene rings is 2. The van der Waals surface area contributed by atoms with Gasteiger partial charge in [-0.1, -0.05) is 18.2 Å². The molecule has 0 saturated heterocycles. The van der Waals surface area contributed by atoms with Crippen LogP contribution in [0.5, 0.6) is 0 Å². The number of nitrogen functional groups attached to an aromatic ring is 1. The lowest BCUT2D eigenvalue weighted by molar-refractivity contribution is 0.598. The van der Waals surface area contributed by atoms with Gasteiger partial charge in [-0.3, -0.25) is 10.1 Å². The average molecular weight is 293 g/mol. The molecular formula is C13H12FN3O2S. The summed E-state index contributed by atoms with van der Waals surface area (Å²) in [5.74, 6) is -1.08. The number of hydrogen-bond acceptors (Lipinski definition) is 3.